The van der Waals surface area contributed by atoms with Crippen LogP contribution in [-0.4, -0.2) is 51.9 Å². The lowest BCUT2D eigenvalue weighted by Gasteiger charge is -2.33. The third-order valence-electron chi connectivity index (χ3n) is 7.10. The zero-order chi connectivity index (χ0) is 31.9. The molecule has 0 aliphatic carbocycles. The van der Waals surface area contributed by atoms with Crippen LogP contribution in [-0.2, 0) is 32.6 Å². The first-order chi connectivity index (χ1) is 21.0. The first-order valence-electron chi connectivity index (χ1n) is 13.8. The fourth-order valence-electron chi connectivity index (χ4n) is 4.67. The summed E-state index contributed by atoms with van der Waals surface area (Å²) in [6.45, 7) is 1.29. The van der Waals surface area contributed by atoms with E-state index in [9.17, 15) is 18.0 Å². The van der Waals surface area contributed by atoms with E-state index in [4.69, 9.17) is 27.9 Å². The molecule has 0 aromatic heterocycles. The number of nitrogens with one attached hydrogen (secondary N) is 1. The number of sulfonamides is 1. The molecule has 11 heteroatoms. The molecule has 0 saturated heterocycles. The highest BCUT2D eigenvalue weighted by atomic mass is 35.5. The van der Waals surface area contributed by atoms with Crippen molar-refractivity contribution in [1.82, 2.24) is 10.2 Å². The van der Waals surface area contributed by atoms with E-state index in [2.05, 4.69) is 5.32 Å². The van der Waals surface area contributed by atoms with Crippen LogP contribution in [0.1, 0.15) is 16.7 Å². The van der Waals surface area contributed by atoms with Crippen LogP contribution in [0.5, 0.6) is 5.75 Å². The molecule has 0 aliphatic rings. The van der Waals surface area contributed by atoms with E-state index < -0.39 is 34.4 Å². The topological polar surface area (TPSA) is 96.0 Å². The highest BCUT2D eigenvalue weighted by molar-refractivity contribution is 7.92. The molecule has 0 aliphatic heterocycles. The van der Waals surface area contributed by atoms with Crippen LogP contribution in [0.3, 0.4) is 0 Å². The normalized spacial score (nSPS) is 11.8. The van der Waals surface area contributed by atoms with Crippen LogP contribution in [0.15, 0.2) is 102 Å². The van der Waals surface area contributed by atoms with Crippen molar-refractivity contribution in [2.45, 2.75) is 30.8 Å². The van der Waals surface area contributed by atoms with Crippen molar-refractivity contribution in [2.24, 2.45) is 0 Å². The third kappa shape index (κ3) is 7.91. The standard InChI is InChI=1S/C33H33Cl2N3O5S/c1-23-9-12-26(13-10-23)38(44(41,42)28-16-14-27(43-3)15-17-28)22-32(39)37(21-25-11-18-29(34)30(35)19-25)31(33(40)36-2)20-24-7-5-4-6-8-24/h4-19,31H,20-22H2,1-3H3,(H,36,40). The Morgan fingerprint density at radius 2 is 1.52 bits per heavy atom. The van der Waals surface area contributed by atoms with Gasteiger partial charge in [-0.1, -0.05) is 77.3 Å². The van der Waals surface area contributed by atoms with Crippen molar-refractivity contribution in [3.05, 3.63) is 124 Å². The molecule has 0 bridgehead atoms. The van der Waals surface area contributed by atoms with Gasteiger partial charge in [-0.25, -0.2) is 8.42 Å². The Morgan fingerprint density at radius 1 is 0.864 bits per heavy atom. The summed E-state index contributed by atoms with van der Waals surface area (Å²) in [5.41, 5.74) is 2.67. The summed E-state index contributed by atoms with van der Waals surface area (Å²) < 4.78 is 34.4. The number of hydrogen-bond donors (Lipinski definition) is 1. The van der Waals surface area contributed by atoms with Gasteiger partial charge in [-0.05, 0) is 66.6 Å². The number of nitrogens with zero attached hydrogens (tertiary/aromatic N) is 2. The van der Waals surface area contributed by atoms with Crippen LogP contribution >= 0.6 is 23.2 Å². The number of benzene rings is 4. The van der Waals surface area contributed by atoms with E-state index >= 15 is 0 Å². The minimum atomic E-state index is -4.22. The number of likely N-dealkylation sites (N-methyl/N-ethyl adjacent to an activating group) is 1. The van der Waals surface area contributed by atoms with Gasteiger partial charge in [0.15, 0.2) is 0 Å². The van der Waals surface area contributed by atoms with Crippen LogP contribution in [0.4, 0.5) is 5.69 Å². The maximum Gasteiger partial charge on any atom is 0.264 e. The van der Waals surface area contributed by atoms with Gasteiger partial charge in [0, 0.05) is 20.0 Å². The first kappa shape index (κ1) is 32.9. The van der Waals surface area contributed by atoms with E-state index in [1.165, 1.54) is 31.2 Å². The molecule has 0 radical (unpaired) electrons. The Kier molecular flexibility index (Phi) is 10.9. The summed E-state index contributed by atoms with van der Waals surface area (Å²) in [7, 11) is -1.24. The summed E-state index contributed by atoms with van der Waals surface area (Å²) in [5, 5.41) is 3.30. The maximum absolute atomic E-state index is 14.3. The second kappa shape index (κ2) is 14.6. The van der Waals surface area contributed by atoms with Crippen molar-refractivity contribution < 1.29 is 22.7 Å². The SMILES string of the molecule is CNC(=O)C(Cc1ccccc1)N(Cc1ccc(Cl)c(Cl)c1)C(=O)CN(c1ccc(C)cc1)S(=O)(=O)c1ccc(OC)cc1. The van der Waals surface area contributed by atoms with Crippen molar-refractivity contribution in [3.8, 4) is 5.75 Å². The molecule has 0 heterocycles. The van der Waals surface area contributed by atoms with E-state index in [0.717, 1.165) is 15.4 Å². The molecule has 1 unspecified atom stereocenters. The molecule has 1 atom stereocenters. The van der Waals surface area contributed by atoms with Gasteiger partial charge in [0.05, 0.1) is 27.7 Å². The van der Waals surface area contributed by atoms with E-state index in [0.29, 0.717) is 27.0 Å². The lowest BCUT2D eigenvalue weighted by molar-refractivity contribution is -0.139. The molecule has 4 aromatic rings. The summed E-state index contributed by atoms with van der Waals surface area (Å²) in [6.07, 6.45) is 0.198. The monoisotopic (exact) mass is 653 g/mol. The van der Waals surface area contributed by atoms with Gasteiger partial charge < -0.3 is 15.0 Å². The molecular formula is C33H33Cl2N3O5S. The van der Waals surface area contributed by atoms with Crippen molar-refractivity contribution in [2.75, 3.05) is 25.0 Å². The molecule has 0 saturated carbocycles. The summed E-state index contributed by atoms with van der Waals surface area (Å²) in [4.78, 5) is 29.1. The third-order valence-corrected chi connectivity index (χ3v) is 9.63. The van der Waals surface area contributed by atoms with Crippen molar-refractivity contribution >= 4 is 50.7 Å². The van der Waals surface area contributed by atoms with Gasteiger partial charge >= 0.3 is 0 Å². The van der Waals surface area contributed by atoms with E-state index in [-0.39, 0.29) is 17.9 Å². The van der Waals surface area contributed by atoms with E-state index in [1.54, 1.807) is 54.6 Å². The van der Waals surface area contributed by atoms with Crippen LogP contribution in [0.25, 0.3) is 0 Å². The van der Waals surface area contributed by atoms with Gasteiger partial charge in [0.2, 0.25) is 11.8 Å². The molecule has 4 aromatic carbocycles. The smallest absolute Gasteiger partial charge is 0.264 e. The Bertz CT molecular complexity index is 1700. The highest BCUT2D eigenvalue weighted by Crippen LogP contribution is 2.28. The molecule has 0 spiro atoms. The highest BCUT2D eigenvalue weighted by Gasteiger charge is 2.34. The molecule has 230 valence electrons. The second-order valence-corrected chi connectivity index (χ2v) is 12.8. The molecular weight excluding hydrogens is 621 g/mol. The Labute approximate surface area is 268 Å². The van der Waals surface area contributed by atoms with Crippen molar-refractivity contribution in [1.29, 1.82) is 0 Å². The number of ether oxygens (including phenoxy) is 1. The van der Waals surface area contributed by atoms with Gasteiger partial charge in [-0.3, -0.25) is 13.9 Å². The lowest BCUT2D eigenvalue weighted by atomic mass is 10.0. The fraction of sp³-hybridized carbons (Fsp3) is 0.212. The largest absolute Gasteiger partial charge is 0.497 e. The number of aryl methyl sites for hydroxylation is 1. The second-order valence-electron chi connectivity index (χ2n) is 10.1. The average Bonchev–Trinajstić information content (AvgIpc) is 3.03. The van der Waals surface area contributed by atoms with E-state index in [1.807, 2.05) is 37.3 Å². The predicted molar refractivity (Wildman–Crippen MR) is 174 cm³/mol. The Hall–Kier alpha value is -4.05. The van der Waals surface area contributed by atoms with Crippen LogP contribution in [0, 0.1) is 6.92 Å². The number of methoxy groups -OCH3 is 1. The summed E-state index contributed by atoms with van der Waals surface area (Å²) >= 11 is 12.4. The van der Waals surface area contributed by atoms with Gasteiger partial charge in [-0.15, -0.1) is 0 Å². The lowest BCUT2D eigenvalue weighted by Crippen LogP contribution is -2.53. The number of rotatable bonds is 12. The first-order valence-corrected chi connectivity index (χ1v) is 16.0. The number of hydrogen-bond acceptors (Lipinski definition) is 5. The number of anilines is 1. The minimum absolute atomic E-state index is 0.0187. The van der Waals surface area contributed by atoms with Crippen molar-refractivity contribution in [3.63, 3.8) is 0 Å². The van der Waals surface area contributed by atoms with Gasteiger partial charge in [-0.2, -0.15) is 0 Å². The zero-order valence-corrected chi connectivity index (χ0v) is 26.9. The number of halogens is 2. The number of carbonyl (C=O) groups excluding carboxylic acids is 2. The minimum Gasteiger partial charge on any atom is -0.497 e. The number of amides is 2. The average molecular weight is 655 g/mol. The van der Waals surface area contributed by atoms with Gasteiger partial charge in [0.25, 0.3) is 10.0 Å². The van der Waals surface area contributed by atoms with Crippen LogP contribution in [0.2, 0.25) is 10.0 Å². The summed E-state index contributed by atoms with van der Waals surface area (Å²) in [6, 6.07) is 26.0. The zero-order valence-electron chi connectivity index (χ0n) is 24.5. The van der Waals surface area contributed by atoms with Gasteiger partial charge in [0.1, 0.15) is 18.3 Å². The molecule has 44 heavy (non-hydrogen) atoms. The molecule has 1 N–H and O–H groups in total. The Morgan fingerprint density at radius 3 is 2.11 bits per heavy atom. The summed E-state index contributed by atoms with van der Waals surface area (Å²) in [5.74, 6) is -0.496. The predicted octanol–water partition coefficient (Wildman–Crippen LogP) is 5.89. The number of carbonyl (C=O) groups is 2. The Balaban J connectivity index is 1.79. The molecule has 2 amide bonds. The molecule has 0 fully saturated rings. The molecule has 4 rings (SSSR count). The fourth-order valence-corrected chi connectivity index (χ4v) is 6.40. The molecule has 8 nitrogen and oxygen atoms in total. The van der Waals surface area contributed by atoms with Crippen LogP contribution < -0.4 is 14.4 Å². The maximum atomic E-state index is 14.3. The quantitative estimate of drug-likeness (QED) is 0.206.